The summed E-state index contributed by atoms with van der Waals surface area (Å²) in [6, 6.07) is 3.61. The molecule has 2 rings (SSSR count). The van der Waals surface area contributed by atoms with Crippen molar-refractivity contribution in [2.24, 2.45) is 0 Å². The van der Waals surface area contributed by atoms with Gasteiger partial charge in [-0.3, -0.25) is 0 Å². The van der Waals surface area contributed by atoms with E-state index in [1.807, 2.05) is 0 Å². The highest BCUT2D eigenvalue weighted by Gasteiger charge is 2.30. The summed E-state index contributed by atoms with van der Waals surface area (Å²) in [6.07, 6.45) is -2.28. The third-order valence-electron chi connectivity index (χ3n) is 3.05. The molecule has 1 N–H and O–H groups in total. The van der Waals surface area contributed by atoms with Gasteiger partial charge in [0.1, 0.15) is 11.9 Å². The molecule has 0 aromatic heterocycles. The summed E-state index contributed by atoms with van der Waals surface area (Å²) >= 11 is 0. The zero-order chi connectivity index (χ0) is 13.2. The summed E-state index contributed by atoms with van der Waals surface area (Å²) in [4.78, 5) is 0. The quantitative estimate of drug-likeness (QED) is 0.881. The van der Waals surface area contributed by atoms with Gasteiger partial charge < -0.3 is 10.1 Å². The van der Waals surface area contributed by atoms with E-state index in [4.69, 9.17) is 4.74 Å². The fraction of sp³-hybridized carbons (Fsp3) is 0.538. The van der Waals surface area contributed by atoms with Gasteiger partial charge in [0.05, 0.1) is 5.56 Å². The lowest BCUT2D eigenvalue weighted by Crippen LogP contribution is -2.37. The number of benzene rings is 1. The van der Waals surface area contributed by atoms with Gasteiger partial charge >= 0.3 is 6.18 Å². The predicted molar refractivity (Wildman–Crippen MR) is 62.7 cm³/mol. The molecule has 1 aromatic carbocycles. The van der Waals surface area contributed by atoms with Crippen molar-refractivity contribution in [1.29, 1.82) is 0 Å². The summed E-state index contributed by atoms with van der Waals surface area (Å²) in [7, 11) is 0. The van der Waals surface area contributed by atoms with E-state index >= 15 is 0 Å². The molecule has 2 nitrogen and oxygen atoms in total. The van der Waals surface area contributed by atoms with E-state index in [9.17, 15) is 13.2 Å². The largest absolute Gasteiger partial charge is 0.489 e. The Kier molecular flexibility index (Phi) is 3.80. The van der Waals surface area contributed by atoms with E-state index in [0.29, 0.717) is 11.3 Å². The highest BCUT2D eigenvalue weighted by Crippen LogP contribution is 2.32. The molecule has 1 aliphatic rings. The van der Waals surface area contributed by atoms with Crippen LogP contribution >= 0.6 is 0 Å². The second kappa shape index (κ2) is 5.18. The molecule has 1 unspecified atom stereocenters. The molecular formula is C13H16F3NO. The zero-order valence-corrected chi connectivity index (χ0v) is 10.2. The molecule has 1 atom stereocenters. The van der Waals surface area contributed by atoms with Crippen LogP contribution in [0.1, 0.15) is 24.0 Å². The second-order valence-electron chi connectivity index (χ2n) is 4.56. The molecule has 100 valence electrons. The van der Waals surface area contributed by atoms with Gasteiger partial charge in [-0.1, -0.05) is 0 Å². The fourth-order valence-corrected chi connectivity index (χ4v) is 2.06. The lowest BCUT2D eigenvalue weighted by atomic mass is 10.1. The van der Waals surface area contributed by atoms with Gasteiger partial charge in [0, 0.05) is 6.54 Å². The SMILES string of the molecule is Cc1cc(C(F)(F)F)ccc1OC1CCCNC1. The summed E-state index contributed by atoms with van der Waals surface area (Å²) < 4.78 is 43.2. The van der Waals surface area contributed by atoms with Crippen molar-refractivity contribution in [3.63, 3.8) is 0 Å². The molecule has 0 aliphatic carbocycles. The number of piperidine rings is 1. The molecule has 0 spiro atoms. The highest BCUT2D eigenvalue weighted by molar-refractivity contribution is 5.37. The Morgan fingerprint density at radius 3 is 2.67 bits per heavy atom. The maximum absolute atomic E-state index is 12.5. The minimum atomic E-state index is -4.30. The van der Waals surface area contributed by atoms with Crippen molar-refractivity contribution in [3.05, 3.63) is 29.3 Å². The van der Waals surface area contributed by atoms with Crippen LogP contribution in [0.25, 0.3) is 0 Å². The first-order chi connectivity index (χ1) is 8.47. The van der Waals surface area contributed by atoms with Crippen molar-refractivity contribution in [3.8, 4) is 5.75 Å². The van der Waals surface area contributed by atoms with Crippen molar-refractivity contribution in [1.82, 2.24) is 5.32 Å². The van der Waals surface area contributed by atoms with Crippen LogP contribution in [0.2, 0.25) is 0 Å². The van der Waals surface area contributed by atoms with Gasteiger partial charge in [-0.2, -0.15) is 13.2 Å². The Bertz CT molecular complexity index is 411. The van der Waals surface area contributed by atoms with Crippen LogP contribution in [0.5, 0.6) is 5.75 Å². The monoisotopic (exact) mass is 259 g/mol. The van der Waals surface area contributed by atoms with Crippen molar-refractivity contribution in [2.75, 3.05) is 13.1 Å². The summed E-state index contributed by atoms with van der Waals surface area (Å²) in [5.74, 6) is 0.539. The van der Waals surface area contributed by atoms with E-state index < -0.39 is 11.7 Å². The third kappa shape index (κ3) is 3.16. The van der Waals surface area contributed by atoms with Gasteiger partial charge in [0.2, 0.25) is 0 Å². The Hall–Kier alpha value is -1.23. The average molecular weight is 259 g/mol. The smallest absolute Gasteiger partial charge is 0.416 e. The minimum Gasteiger partial charge on any atom is -0.489 e. The van der Waals surface area contributed by atoms with Gasteiger partial charge in [-0.15, -0.1) is 0 Å². The number of ether oxygens (including phenoxy) is 1. The van der Waals surface area contributed by atoms with Gasteiger partial charge in [0.15, 0.2) is 0 Å². The zero-order valence-electron chi connectivity index (χ0n) is 10.2. The fourth-order valence-electron chi connectivity index (χ4n) is 2.06. The molecule has 1 aliphatic heterocycles. The van der Waals surface area contributed by atoms with Crippen LogP contribution in [0.3, 0.4) is 0 Å². The minimum absolute atomic E-state index is 0.0502. The topological polar surface area (TPSA) is 21.3 Å². The van der Waals surface area contributed by atoms with E-state index in [2.05, 4.69) is 5.32 Å². The number of nitrogens with one attached hydrogen (secondary N) is 1. The normalized spacial score (nSPS) is 20.8. The molecule has 1 saturated heterocycles. The molecule has 1 fully saturated rings. The number of alkyl halides is 3. The van der Waals surface area contributed by atoms with Crippen LogP contribution in [0.4, 0.5) is 13.2 Å². The maximum atomic E-state index is 12.5. The number of hydrogen-bond donors (Lipinski definition) is 1. The molecule has 0 amide bonds. The molecule has 1 heterocycles. The molecule has 18 heavy (non-hydrogen) atoms. The summed E-state index contributed by atoms with van der Waals surface area (Å²) in [5.41, 5.74) is -0.107. The van der Waals surface area contributed by atoms with Gasteiger partial charge in [0.25, 0.3) is 0 Å². The lowest BCUT2D eigenvalue weighted by molar-refractivity contribution is -0.137. The Labute approximate surface area is 104 Å². The first kappa shape index (κ1) is 13.2. The number of halogens is 3. The molecule has 1 aromatic rings. The van der Waals surface area contributed by atoms with Crippen LogP contribution in [0.15, 0.2) is 18.2 Å². The summed E-state index contributed by atoms with van der Waals surface area (Å²) in [5, 5.41) is 3.21. The maximum Gasteiger partial charge on any atom is 0.416 e. The number of hydrogen-bond acceptors (Lipinski definition) is 2. The predicted octanol–water partition coefficient (Wildman–Crippen LogP) is 3.14. The van der Waals surface area contributed by atoms with Gasteiger partial charge in [-0.25, -0.2) is 0 Å². The Morgan fingerprint density at radius 1 is 1.33 bits per heavy atom. The van der Waals surface area contributed by atoms with Gasteiger partial charge in [-0.05, 0) is 50.1 Å². The van der Waals surface area contributed by atoms with E-state index in [1.165, 1.54) is 6.07 Å². The standard InChI is InChI=1S/C13H16F3NO/c1-9-7-10(13(14,15)16)4-5-12(9)18-11-3-2-6-17-8-11/h4-5,7,11,17H,2-3,6,8H2,1H3. The van der Waals surface area contributed by atoms with Crippen molar-refractivity contribution >= 4 is 0 Å². The second-order valence-corrected chi connectivity index (χ2v) is 4.56. The third-order valence-corrected chi connectivity index (χ3v) is 3.05. The molecule has 0 saturated carbocycles. The van der Waals surface area contributed by atoms with Crippen molar-refractivity contribution in [2.45, 2.75) is 32.0 Å². The van der Waals surface area contributed by atoms with Crippen molar-refractivity contribution < 1.29 is 17.9 Å². The lowest BCUT2D eigenvalue weighted by Gasteiger charge is -2.25. The number of aryl methyl sites for hydroxylation is 1. The molecule has 0 radical (unpaired) electrons. The van der Waals surface area contributed by atoms with E-state index in [-0.39, 0.29) is 6.10 Å². The van der Waals surface area contributed by atoms with Crippen LogP contribution < -0.4 is 10.1 Å². The van der Waals surface area contributed by atoms with E-state index in [1.54, 1.807) is 6.92 Å². The van der Waals surface area contributed by atoms with Crippen LogP contribution in [0, 0.1) is 6.92 Å². The Morgan fingerprint density at radius 2 is 2.11 bits per heavy atom. The van der Waals surface area contributed by atoms with E-state index in [0.717, 1.165) is 38.1 Å². The molecule has 5 heteroatoms. The number of rotatable bonds is 2. The first-order valence-electron chi connectivity index (χ1n) is 6.02. The molecular weight excluding hydrogens is 243 g/mol. The first-order valence-corrected chi connectivity index (χ1v) is 6.02. The highest BCUT2D eigenvalue weighted by atomic mass is 19.4. The summed E-state index contributed by atoms with van der Waals surface area (Å²) in [6.45, 7) is 3.37. The average Bonchev–Trinajstić information content (AvgIpc) is 2.32. The van der Waals surface area contributed by atoms with Crippen LogP contribution in [-0.2, 0) is 6.18 Å². The van der Waals surface area contributed by atoms with Crippen LogP contribution in [-0.4, -0.2) is 19.2 Å². The molecule has 0 bridgehead atoms. The Balaban J connectivity index is 2.09.